The van der Waals surface area contributed by atoms with Crippen molar-refractivity contribution in [3.8, 4) is 34.2 Å². The van der Waals surface area contributed by atoms with Gasteiger partial charge in [-0.1, -0.05) is 23.7 Å². The number of nitrogens with one attached hydrogen (secondary N) is 1. The third kappa shape index (κ3) is 5.20. The summed E-state index contributed by atoms with van der Waals surface area (Å²) in [7, 11) is 3.38. The molecule has 1 aliphatic heterocycles. The van der Waals surface area contributed by atoms with Gasteiger partial charge in [0.1, 0.15) is 11.4 Å². The van der Waals surface area contributed by atoms with Gasteiger partial charge in [-0.2, -0.15) is 5.10 Å². The van der Waals surface area contributed by atoms with E-state index in [0.29, 0.717) is 34.1 Å². The molecule has 0 unspecified atom stereocenters. The molecular formula is C28H27ClN4O5. The number of carbonyl (C=O) groups excluding carboxylic acids is 2. The second-order valence-electron chi connectivity index (χ2n) is 8.23. The molecular weight excluding hydrogens is 508 g/mol. The maximum Gasteiger partial charge on any atom is 0.231 e. The average molecular weight is 535 g/mol. The predicted molar refractivity (Wildman–Crippen MR) is 146 cm³/mol. The van der Waals surface area contributed by atoms with Crippen LogP contribution in [0.3, 0.4) is 0 Å². The highest BCUT2D eigenvalue weighted by molar-refractivity contribution is 6.33. The van der Waals surface area contributed by atoms with Crippen LogP contribution >= 0.6 is 11.6 Å². The summed E-state index contributed by atoms with van der Waals surface area (Å²) < 4.78 is 11.9. The van der Waals surface area contributed by atoms with Gasteiger partial charge in [0.25, 0.3) is 0 Å². The molecule has 1 aromatic heterocycles. The minimum Gasteiger partial charge on any atom is -0.508 e. The molecule has 4 N–H and O–H groups in total. The molecule has 0 radical (unpaired) electrons. The highest BCUT2D eigenvalue weighted by Crippen LogP contribution is 2.38. The average Bonchev–Trinajstić information content (AvgIpc) is 3.57. The molecule has 9 nitrogen and oxygen atoms in total. The lowest BCUT2D eigenvalue weighted by molar-refractivity contribution is 0.111. The van der Waals surface area contributed by atoms with E-state index in [0.717, 1.165) is 47.3 Å². The number of fused-ring (bicyclic) bond motifs is 4. The lowest BCUT2D eigenvalue weighted by atomic mass is 9.88. The molecule has 0 fully saturated rings. The quantitative estimate of drug-likeness (QED) is 0.323. The first-order chi connectivity index (χ1) is 18.5. The summed E-state index contributed by atoms with van der Waals surface area (Å²) in [6.07, 6.45) is 3.17. The zero-order chi connectivity index (χ0) is 27.2. The number of nitrogens with two attached hydrogens (primary N) is 1. The molecule has 196 valence electrons. The number of nitrogens with zero attached hydrogens (tertiary/aromatic N) is 2. The number of hydrogen-bond acceptors (Lipinski definition) is 8. The molecule has 38 heavy (non-hydrogen) atoms. The summed E-state index contributed by atoms with van der Waals surface area (Å²) in [5.41, 5.74) is 11.3. The largest absolute Gasteiger partial charge is 0.508 e. The van der Waals surface area contributed by atoms with Crippen molar-refractivity contribution in [3.05, 3.63) is 82.0 Å². The van der Waals surface area contributed by atoms with Gasteiger partial charge >= 0.3 is 0 Å². The zero-order valence-corrected chi connectivity index (χ0v) is 21.7. The molecule has 2 aliphatic rings. The third-order valence-corrected chi connectivity index (χ3v) is 6.44. The molecule has 4 aromatic rings. The number of phenols is 1. The Balaban J connectivity index is 0.000000201. The van der Waals surface area contributed by atoms with Crippen LogP contribution < -0.4 is 20.5 Å². The minimum absolute atomic E-state index is 0.171. The van der Waals surface area contributed by atoms with Crippen LogP contribution in [0.1, 0.15) is 32.0 Å². The van der Waals surface area contributed by atoms with Crippen molar-refractivity contribution in [3.63, 3.8) is 0 Å². The van der Waals surface area contributed by atoms with Crippen molar-refractivity contribution < 1.29 is 24.2 Å². The van der Waals surface area contributed by atoms with E-state index in [4.69, 9.17) is 21.1 Å². The predicted octanol–water partition coefficient (Wildman–Crippen LogP) is 4.65. The fraction of sp³-hybridized carbons (Fsp3) is 0.179. The molecule has 6 rings (SSSR count). The summed E-state index contributed by atoms with van der Waals surface area (Å²) in [6, 6.07) is 16.3. The lowest BCUT2D eigenvalue weighted by Crippen LogP contribution is -2.08. The number of aldehydes is 2. The van der Waals surface area contributed by atoms with Gasteiger partial charge in [0, 0.05) is 41.6 Å². The van der Waals surface area contributed by atoms with Crippen LogP contribution in [-0.4, -0.2) is 48.3 Å². The number of hydrogen-bond donors (Lipinski definition) is 3. The van der Waals surface area contributed by atoms with E-state index in [2.05, 4.69) is 34.3 Å². The number of aryl methyl sites for hydroxylation is 1. The summed E-state index contributed by atoms with van der Waals surface area (Å²) in [4.78, 5) is 21.9. The van der Waals surface area contributed by atoms with Crippen molar-refractivity contribution in [2.75, 3.05) is 26.2 Å². The Morgan fingerprint density at radius 2 is 1.79 bits per heavy atom. The zero-order valence-electron chi connectivity index (χ0n) is 20.9. The van der Waals surface area contributed by atoms with Gasteiger partial charge in [-0.3, -0.25) is 9.59 Å². The van der Waals surface area contributed by atoms with Crippen LogP contribution in [0.25, 0.3) is 16.9 Å². The van der Waals surface area contributed by atoms with Crippen molar-refractivity contribution >= 4 is 29.9 Å². The molecule has 3 aromatic carbocycles. The second-order valence-corrected chi connectivity index (χ2v) is 8.64. The van der Waals surface area contributed by atoms with Crippen LogP contribution in [-0.2, 0) is 12.8 Å². The number of carbonyl (C=O) groups is 2. The second kappa shape index (κ2) is 11.8. The Bertz CT molecular complexity index is 1480. The number of ether oxygens (including phenoxy) is 2. The first-order valence-electron chi connectivity index (χ1n) is 11.8. The Morgan fingerprint density at radius 1 is 1.03 bits per heavy atom. The molecule has 0 saturated heterocycles. The molecule has 10 heteroatoms. The highest BCUT2D eigenvalue weighted by Gasteiger charge is 2.26. The van der Waals surface area contributed by atoms with Gasteiger partial charge in [-0.25, -0.2) is 4.68 Å². The van der Waals surface area contributed by atoms with E-state index < -0.39 is 0 Å². The van der Waals surface area contributed by atoms with Crippen molar-refractivity contribution in [1.29, 1.82) is 0 Å². The Kier molecular flexibility index (Phi) is 8.30. The lowest BCUT2D eigenvalue weighted by Gasteiger charge is -2.19. The van der Waals surface area contributed by atoms with Crippen molar-refractivity contribution in [1.82, 2.24) is 9.78 Å². The van der Waals surface area contributed by atoms with Gasteiger partial charge in [-0.05, 0) is 55.8 Å². The van der Waals surface area contributed by atoms with E-state index in [1.807, 2.05) is 13.1 Å². The molecule has 0 amide bonds. The van der Waals surface area contributed by atoms with Gasteiger partial charge in [0.2, 0.25) is 6.79 Å². The van der Waals surface area contributed by atoms with Gasteiger partial charge in [-0.15, -0.1) is 0 Å². The molecule has 1 aliphatic carbocycles. The van der Waals surface area contributed by atoms with Crippen LogP contribution in [0.4, 0.5) is 5.69 Å². The van der Waals surface area contributed by atoms with Gasteiger partial charge in [0.05, 0.1) is 16.4 Å². The monoisotopic (exact) mass is 534 g/mol. The summed E-state index contributed by atoms with van der Waals surface area (Å²) in [5, 5.41) is 17.8. The van der Waals surface area contributed by atoms with E-state index in [9.17, 15) is 14.7 Å². The molecule has 0 spiro atoms. The topological polar surface area (TPSA) is 129 Å². The fourth-order valence-electron chi connectivity index (χ4n) is 4.35. The van der Waals surface area contributed by atoms with E-state index in [1.165, 1.54) is 12.6 Å². The van der Waals surface area contributed by atoms with Crippen LogP contribution in [0.15, 0.2) is 54.6 Å². The van der Waals surface area contributed by atoms with Crippen LogP contribution in [0, 0.1) is 0 Å². The summed E-state index contributed by atoms with van der Waals surface area (Å²) >= 11 is 5.74. The number of aromatic hydroxyl groups is 1. The van der Waals surface area contributed by atoms with E-state index in [1.54, 1.807) is 35.0 Å². The first kappa shape index (κ1) is 26.7. The van der Waals surface area contributed by atoms with E-state index >= 15 is 0 Å². The maximum atomic E-state index is 11.5. The molecule has 0 atom stereocenters. The Labute approximate surface area is 224 Å². The Morgan fingerprint density at radius 3 is 2.47 bits per heavy atom. The van der Waals surface area contributed by atoms with Gasteiger partial charge < -0.3 is 25.6 Å². The number of benzene rings is 3. The number of anilines is 1. The van der Waals surface area contributed by atoms with E-state index in [-0.39, 0.29) is 12.5 Å². The number of phenolic OH excluding ortho intramolecular Hbond substituents is 1. The van der Waals surface area contributed by atoms with Crippen LogP contribution in [0.2, 0.25) is 5.02 Å². The fourth-order valence-corrected chi connectivity index (χ4v) is 4.55. The molecule has 0 bridgehead atoms. The van der Waals surface area contributed by atoms with Crippen molar-refractivity contribution in [2.24, 2.45) is 5.73 Å². The molecule has 2 heterocycles. The third-order valence-electron chi connectivity index (χ3n) is 6.12. The van der Waals surface area contributed by atoms with Crippen LogP contribution in [0.5, 0.6) is 17.2 Å². The van der Waals surface area contributed by atoms with Gasteiger partial charge in [0.15, 0.2) is 24.1 Å². The highest BCUT2D eigenvalue weighted by atomic mass is 35.5. The Hall–Kier alpha value is -4.34. The minimum atomic E-state index is 0.171. The van der Waals surface area contributed by atoms with Crippen molar-refractivity contribution in [2.45, 2.75) is 12.8 Å². The molecule has 0 saturated carbocycles. The number of aromatic nitrogens is 2. The summed E-state index contributed by atoms with van der Waals surface area (Å²) in [6.45, 7) is 0.188. The maximum absolute atomic E-state index is 11.5. The first-order valence-corrected chi connectivity index (χ1v) is 12.2. The SMILES string of the molecule is CN.CNc1ccc2c(c1)-c1c(c(C=O)nn1-c1cccc(O)c1)CC2.O=Cc1cc2c(cc1Cl)OCO2. The normalized spacial score (nSPS) is 12.1. The smallest absolute Gasteiger partial charge is 0.231 e. The number of halogens is 1. The number of rotatable bonds is 4. The summed E-state index contributed by atoms with van der Waals surface area (Å²) in [5.74, 6) is 1.33. The standard InChI is InChI=1S/C19H17N3O2.C8H5ClO3.CH5N/c1-20-13-7-5-12-6-8-16-18(11-23)21-22(19(16)17(12)9-13)14-3-2-4-15(24)10-14;9-6-2-8-7(11-4-12-8)1-5(6)3-10;1-2/h2-5,7,9-11,20,24H,6,8H2,1H3;1-3H,4H2;2H2,1H3.